The third kappa shape index (κ3) is 1.36. The molecule has 0 aromatic rings. The molecule has 2 spiro atoms. The second-order valence-corrected chi connectivity index (χ2v) is 5.56. The maximum atomic E-state index is 11.5. The molecule has 90 valence electrons. The van der Waals surface area contributed by atoms with Crippen LogP contribution < -0.4 is 0 Å². The predicted octanol–water partition coefficient (Wildman–Crippen LogP) is 3.56. The number of carbonyl (C=O) groups excluding carboxylic acids is 1. The second kappa shape index (κ2) is 3.64. The van der Waals surface area contributed by atoms with Crippen molar-refractivity contribution in [2.24, 2.45) is 0 Å². The van der Waals surface area contributed by atoms with Gasteiger partial charge < -0.3 is 9.47 Å². The first-order chi connectivity index (χ1) is 7.77. The zero-order valence-corrected chi connectivity index (χ0v) is 9.80. The van der Waals surface area contributed by atoms with Gasteiger partial charge in [0, 0.05) is 0 Å². The maximum absolute atomic E-state index is 11.5. The van der Waals surface area contributed by atoms with Crippen LogP contribution in [-0.4, -0.2) is 17.4 Å². The lowest BCUT2D eigenvalue weighted by atomic mass is 9.66. The Morgan fingerprint density at radius 3 is 1.44 bits per heavy atom. The Morgan fingerprint density at radius 1 is 0.688 bits per heavy atom. The van der Waals surface area contributed by atoms with E-state index in [0.717, 1.165) is 25.7 Å². The fourth-order valence-electron chi connectivity index (χ4n) is 3.89. The van der Waals surface area contributed by atoms with E-state index in [-0.39, 0.29) is 11.2 Å². The van der Waals surface area contributed by atoms with Gasteiger partial charge in [0.25, 0.3) is 0 Å². The molecule has 16 heavy (non-hydrogen) atoms. The summed E-state index contributed by atoms with van der Waals surface area (Å²) in [4.78, 5) is 11.5. The minimum absolute atomic E-state index is 0.261. The summed E-state index contributed by atoms with van der Waals surface area (Å²) < 4.78 is 11.2. The average Bonchev–Trinajstić information content (AvgIpc) is 2.53. The van der Waals surface area contributed by atoms with E-state index in [1.807, 2.05) is 0 Å². The van der Waals surface area contributed by atoms with Gasteiger partial charge in [0.15, 0.2) is 11.2 Å². The molecule has 0 bridgehead atoms. The SMILES string of the molecule is O=C1OC2(CCCCC2)C2(CCCCC2)O1. The van der Waals surface area contributed by atoms with Crippen molar-refractivity contribution in [3.8, 4) is 0 Å². The molecule has 2 aliphatic carbocycles. The van der Waals surface area contributed by atoms with Crippen molar-refractivity contribution < 1.29 is 14.3 Å². The van der Waals surface area contributed by atoms with Crippen molar-refractivity contribution in [2.45, 2.75) is 75.4 Å². The first-order valence-electron chi connectivity index (χ1n) is 6.68. The van der Waals surface area contributed by atoms with Gasteiger partial charge in [0.05, 0.1) is 0 Å². The lowest BCUT2D eigenvalue weighted by molar-refractivity contribution is -0.0923. The Balaban J connectivity index is 1.91. The van der Waals surface area contributed by atoms with Crippen LogP contribution in [0.15, 0.2) is 0 Å². The van der Waals surface area contributed by atoms with Crippen molar-refractivity contribution in [1.82, 2.24) is 0 Å². The van der Waals surface area contributed by atoms with E-state index in [2.05, 4.69) is 0 Å². The Bertz CT molecular complexity index is 258. The van der Waals surface area contributed by atoms with E-state index in [0.29, 0.717) is 0 Å². The largest absolute Gasteiger partial charge is 0.509 e. The number of rotatable bonds is 0. The summed E-state index contributed by atoms with van der Waals surface area (Å²) in [5, 5.41) is 0. The molecule has 3 rings (SSSR count). The summed E-state index contributed by atoms with van der Waals surface area (Å²) in [6, 6.07) is 0. The van der Waals surface area contributed by atoms with E-state index < -0.39 is 6.16 Å². The molecule has 1 aliphatic heterocycles. The minimum Gasteiger partial charge on any atom is -0.423 e. The van der Waals surface area contributed by atoms with Crippen LogP contribution in [0.2, 0.25) is 0 Å². The quantitative estimate of drug-likeness (QED) is 0.590. The van der Waals surface area contributed by atoms with Gasteiger partial charge >= 0.3 is 6.16 Å². The van der Waals surface area contributed by atoms with Crippen molar-refractivity contribution in [2.75, 3.05) is 0 Å². The molecule has 0 aromatic heterocycles. The number of hydrogen-bond acceptors (Lipinski definition) is 3. The zero-order valence-electron chi connectivity index (χ0n) is 9.80. The second-order valence-electron chi connectivity index (χ2n) is 5.56. The minimum atomic E-state index is -0.413. The Hall–Kier alpha value is -0.730. The first kappa shape index (κ1) is 10.4. The Morgan fingerprint density at radius 2 is 1.06 bits per heavy atom. The van der Waals surface area contributed by atoms with Crippen LogP contribution in [0.25, 0.3) is 0 Å². The molecular weight excluding hydrogens is 204 g/mol. The molecule has 3 aliphatic rings. The standard InChI is InChI=1S/C13H20O3/c14-11-15-12(7-3-1-4-8-12)13(16-11)9-5-2-6-10-13/h1-10H2. The Labute approximate surface area is 96.5 Å². The molecule has 2 saturated carbocycles. The molecule has 0 N–H and O–H groups in total. The molecule has 0 aromatic carbocycles. The molecule has 3 nitrogen and oxygen atoms in total. The molecular formula is C13H20O3. The molecule has 1 saturated heterocycles. The van der Waals surface area contributed by atoms with E-state index in [9.17, 15) is 4.79 Å². The molecule has 0 radical (unpaired) electrons. The lowest BCUT2D eigenvalue weighted by Gasteiger charge is -2.45. The van der Waals surface area contributed by atoms with Crippen LogP contribution >= 0.6 is 0 Å². The van der Waals surface area contributed by atoms with Gasteiger partial charge in [-0.15, -0.1) is 0 Å². The smallest absolute Gasteiger partial charge is 0.423 e. The number of fused-ring (bicyclic) bond motifs is 1. The summed E-state index contributed by atoms with van der Waals surface area (Å²) in [6.07, 6.45) is 10.9. The molecule has 3 fully saturated rings. The van der Waals surface area contributed by atoms with Gasteiger partial charge in [-0.3, -0.25) is 0 Å². The highest BCUT2D eigenvalue weighted by atomic mass is 16.8. The summed E-state index contributed by atoms with van der Waals surface area (Å²) in [5.41, 5.74) is -0.522. The van der Waals surface area contributed by atoms with Crippen molar-refractivity contribution in [3.05, 3.63) is 0 Å². The van der Waals surface area contributed by atoms with Crippen LogP contribution in [0.5, 0.6) is 0 Å². The van der Waals surface area contributed by atoms with E-state index >= 15 is 0 Å². The van der Waals surface area contributed by atoms with Crippen LogP contribution in [-0.2, 0) is 9.47 Å². The normalized spacial score (nSPS) is 31.4. The highest BCUT2D eigenvalue weighted by Gasteiger charge is 2.62. The summed E-state index contributed by atoms with van der Waals surface area (Å²) in [5.74, 6) is 0. The van der Waals surface area contributed by atoms with Gasteiger partial charge in [-0.1, -0.05) is 12.8 Å². The van der Waals surface area contributed by atoms with Crippen LogP contribution in [0.3, 0.4) is 0 Å². The number of ether oxygens (including phenoxy) is 2. The third-order valence-corrected chi connectivity index (χ3v) is 4.71. The lowest BCUT2D eigenvalue weighted by Crippen LogP contribution is -2.53. The summed E-state index contributed by atoms with van der Waals surface area (Å²) in [7, 11) is 0. The van der Waals surface area contributed by atoms with Gasteiger partial charge in [0.1, 0.15) is 0 Å². The predicted molar refractivity (Wildman–Crippen MR) is 59.2 cm³/mol. The Kier molecular flexibility index (Phi) is 2.37. The fourth-order valence-corrected chi connectivity index (χ4v) is 3.89. The van der Waals surface area contributed by atoms with Crippen molar-refractivity contribution >= 4 is 6.16 Å². The molecule has 0 amide bonds. The van der Waals surface area contributed by atoms with Gasteiger partial charge in [0.2, 0.25) is 0 Å². The van der Waals surface area contributed by atoms with Crippen molar-refractivity contribution in [3.63, 3.8) is 0 Å². The summed E-state index contributed by atoms with van der Waals surface area (Å²) >= 11 is 0. The van der Waals surface area contributed by atoms with Crippen molar-refractivity contribution in [1.29, 1.82) is 0 Å². The van der Waals surface area contributed by atoms with Crippen LogP contribution in [0.4, 0.5) is 4.79 Å². The molecule has 0 unspecified atom stereocenters. The van der Waals surface area contributed by atoms with Gasteiger partial charge in [-0.2, -0.15) is 0 Å². The molecule has 0 atom stereocenters. The first-order valence-corrected chi connectivity index (χ1v) is 6.68. The van der Waals surface area contributed by atoms with Crippen LogP contribution in [0.1, 0.15) is 64.2 Å². The van der Waals surface area contributed by atoms with Gasteiger partial charge in [-0.25, -0.2) is 4.79 Å². The van der Waals surface area contributed by atoms with E-state index in [1.165, 1.54) is 38.5 Å². The fraction of sp³-hybridized carbons (Fsp3) is 0.923. The highest BCUT2D eigenvalue weighted by molar-refractivity contribution is 5.64. The number of hydrogen-bond donors (Lipinski definition) is 0. The monoisotopic (exact) mass is 224 g/mol. The topological polar surface area (TPSA) is 35.5 Å². The number of carbonyl (C=O) groups is 1. The van der Waals surface area contributed by atoms with Crippen LogP contribution in [0, 0.1) is 0 Å². The zero-order chi connectivity index (χ0) is 11.1. The maximum Gasteiger partial charge on any atom is 0.509 e. The van der Waals surface area contributed by atoms with E-state index in [1.54, 1.807) is 0 Å². The molecule has 3 heteroatoms. The average molecular weight is 224 g/mol. The third-order valence-electron chi connectivity index (χ3n) is 4.71. The highest BCUT2D eigenvalue weighted by Crippen LogP contribution is 2.53. The van der Waals surface area contributed by atoms with Gasteiger partial charge in [-0.05, 0) is 51.4 Å². The molecule has 1 heterocycles. The summed E-state index contributed by atoms with van der Waals surface area (Å²) in [6.45, 7) is 0. The van der Waals surface area contributed by atoms with E-state index in [4.69, 9.17) is 9.47 Å².